The molecule has 0 unspecified atom stereocenters. The maximum atomic E-state index is 11.0. The minimum absolute atomic E-state index is 0.198. The first-order chi connectivity index (χ1) is 7.33. The van der Waals surface area contributed by atoms with Crippen LogP contribution in [0.1, 0.15) is 13.3 Å². The molecular weight excluding hydrogens is 192 g/mol. The molecule has 0 aliphatic rings. The summed E-state index contributed by atoms with van der Waals surface area (Å²) in [6.07, 6.45) is 2.44. The number of para-hydroxylation sites is 1. The fourth-order valence-electron chi connectivity index (χ4n) is 0.928. The van der Waals surface area contributed by atoms with Gasteiger partial charge in [-0.05, 0) is 12.1 Å². The number of hydrogen-bond donors (Lipinski definition) is 0. The zero-order chi connectivity index (χ0) is 10.9. The van der Waals surface area contributed by atoms with Gasteiger partial charge in [-0.1, -0.05) is 24.1 Å². The Balaban J connectivity index is 2.21. The molecule has 0 aliphatic heterocycles. The zero-order valence-electron chi connectivity index (χ0n) is 8.53. The fourth-order valence-corrected chi connectivity index (χ4v) is 0.928. The van der Waals surface area contributed by atoms with Crippen molar-refractivity contribution < 1.29 is 14.3 Å². The first-order valence-electron chi connectivity index (χ1n) is 4.62. The molecule has 0 fully saturated rings. The van der Waals surface area contributed by atoms with Gasteiger partial charge in [0.2, 0.25) is 0 Å². The van der Waals surface area contributed by atoms with Gasteiger partial charge in [-0.25, -0.2) is 0 Å². The Labute approximate surface area is 89.0 Å². The zero-order valence-corrected chi connectivity index (χ0v) is 8.53. The molecule has 0 N–H and O–H groups in total. The molecule has 0 saturated carbocycles. The van der Waals surface area contributed by atoms with E-state index in [1.165, 1.54) is 0 Å². The van der Waals surface area contributed by atoms with Crippen molar-refractivity contribution >= 4 is 5.97 Å². The number of carbonyl (C=O) groups excluding carboxylic acids is 1. The number of carbonyl (C=O) groups is 1. The standard InChI is InChI=1S/C12H12O3/c1-2-9-15-12(13)8-10-14-11-6-4-3-5-7-11/h3-7H,8,10H2,1H3. The van der Waals surface area contributed by atoms with Gasteiger partial charge in [0.25, 0.3) is 0 Å². The largest absolute Gasteiger partial charge is 0.493 e. The van der Waals surface area contributed by atoms with Crippen LogP contribution in [0, 0.1) is 12.0 Å². The Kier molecular flexibility index (Phi) is 4.82. The summed E-state index contributed by atoms with van der Waals surface area (Å²) >= 11 is 0. The second-order valence-corrected chi connectivity index (χ2v) is 2.74. The lowest BCUT2D eigenvalue weighted by atomic mass is 10.3. The molecular formula is C12H12O3. The van der Waals surface area contributed by atoms with Crippen molar-refractivity contribution in [3.8, 4) is 17.8 Å². The second-order valence-electron chi connectivity index (χ2n) is 2.74. The molecule has 15 heavy (non-hydrogen) atoms. The summed E-state index contributed by atoms with van der Waals surface area (Å²) in [5, 5.41) is 0. The number of benzene rings is 1. The lowest BCUT2D eigenvalue weighted by molar-refractivity contribution is -0.137. The summed E-state index contributed by atoms with van der Waals surface area (Å²) in [6.45, 7) is 1.90. The Morgan fingerprint density at radius 3 is 2.73 bits per heavy atom. The van der Waals surface area contributed by atoms with Gasteiger partial charge in [0, 0.05) is 6.92 Å². The van der Waals surface area contributed by atoms with E-state index in [9.17, 15) is 4.79 Å². The van der Waals surface area contributed by atoms with Crippen LogP contribution in [0.3, 0.4) is 0 Å². The van der Waals surface area contributed by atoms with Gasteiger partial charge in [0.15, 0.2) is 0 Å². The van der Waals surface area contributed by atoms with Gasteiger partial charge in [-0.2, -0.15) is 0 Å². The van der Waals surface area contributed by atoms with Crippen molar-refractivity contribution in [3.05, 3.63) is 30.3 Å². The lowest BCUT2D eigenvalue weighted by Gasteiger charge is -2.03. The first kappa shape index (κ1) is 11.1. The van der Waals surface area contributed by atoms with Crippen molar-refractivity contribution in [1.82, 2.24) is 0 Å². The normalized spacial score (nSPS) is 8.60. The average Bonchev–Trinajstić information content (AvgIpc) is 2.28. The van der Waals surface area contributed by atoms with E-state index in [4.69, 9.17) is 4.74 Å². The highest BCUT2D eigenvalue weighted by Crippen LogP contribution is 2.08. The molecule has 0 heterocycles. The van der Waals surface area contributed by atoms with E-state index in [1.54, 1.807) is 6.92 Å². The molecule has 3 heteroatoms. The Morgan fingerprint density at radius 2 is 2.07 bits per heavy atom. The van der Waals surface area contributed by atoms with Gasteiger partial charge < -0.3 is 9.47 Å². The predicted octanol–water partition coefficient (Wildman–Crippen LogP) is 1.98. The van der Waals surface area contributed by atoms with Gasteiger partial charge in [0.05, 0.1) is 13.0 Å². The number of rotatable bonds is 4. The Morgan fingerprint density at radius 1 is 1.33 bits per heavy atom. The summed E-state index contributed by atoms with van der Waals surface area (Å²) in [6, 6.07) is 9.30. The van der Waals surface area contributed by atoms with Crippen molar-refractivity contribution in [2.24, 2.45) is 0 Å². The van der Waals surface area contributed by atoms with Gasteiger partial charge >= 0.3 is 5.97 Å². The molecule has 1 aromatic carbocycles. The highest BCUT2D eigenvalue weighted by Gasteiger charge is 2.01. The van der Waals surface area contributed by atoms with Gasteiger partial charge in [-0.3, -0.25) is 4.79 Å². The van der Waals surface area contributed by atoms with E-state index in [-0.39, 0.29) is 12.4 Å². The van der Waals surface area contributed by atoms with Gasteiger partial charge in [0.1, 0.15) is 11.9 Å². The third-order valence-electron chi connectivity index (χ3n) is 1.59. The third-order valence-corrected chi connectivity index (χ3v) is 1.59. The fraction of sp³-hybridized carbons (Fsp3) is 0.250. The minimum Gasteiger partial charge on any atom is -0.493 e. The van der Waals surface area contributed by atoms with E-state index < -0.39 is 0 Å². The van der Waals surface area contributed by atoms with E-state index in [1.807, 2.05) is 30.3 Å². The molecule has 0 saturated heterocycles. The second kappa shape index (κ2) is 6.50. The van der Waals surface area contributed by atoms with Crippen LogP contribution in [0.2, 0.25) is 0 Å². The summed E-state index contributed by atoms with van der Waals surface area (Å²) < 4.78 is 9.86. The average molecular weight is 204 g/mol. The molecule has 3 nitrogen and oxygen atoms in total. The molecule has 0 radical (unpaired) electrons. The van der Waals surface area contributed by atoms with E-state index in [0.29, 0.717) is 6.61 Å². The maximum absolute atomic E-state index is 11.0. The van der Waals surface area contributed by atoms with E-state index in [2.05, 4.69) is 16.8 Å². The topological polar surface area (TPSA) is 35.5 Å². The van der Waals surface area contributed by atoms with Crippen molar-refractivity contribution in [2.75, 3.05) is 6.61 Å². The lowest BCUT2D eigenvalue weighted by Crippen LogP contribution is -2.07. The maximum Gasteiger partial charge on any atom is 0.323 e. The van der Waals surface area contributed by atoms with Crippen molar-refractivity contribution in [3.63, 3.8) is 0 Å². The van der Waals surface area contributed by atoms with Crippen LogP contribution in [0.4, 0.5) is 0 Å². The number of esters is 1. The smallest absolute Gasteiger partial charge is 0.323 e. The van der Waals surface area contributed by atoms with Crippen LogP contribution in [-0.2, 0) is 9.53 Å². The Hall–Kier alpha value is -1.95. The van der Waals surface area contributed by atoms with E-state index >= 15 is 0 Å². The monoisotopic (exact) mass is 204 g/mol. The molecule has 1 aromatic rings. The molecule has 0 spiro atoms. The van der Waals surface area contributed by atoms with Gasteiger partial charge in [-0.15, -0.1) is 0 Å². The number of ether oxygens (including phenoxy) is 2. The van der Waals surface area contributed by atoms with Crippen molar-refractivity contribution in [2.45, 2.75) is 13.3 Å². The quantitative estimate of drug-likeness (QED) is 0.555. The molecule has 0 aromatic heterocycles. The molecule has 0 bridgehead atoms. The summed E-state index contributed by atoms with van der Waals surface area (Å²) in [4.78, 5) is 11.0. The van der Waals surface area contributed by atoms with Crippen LogP contribution >= 0.6 is 0 Å². The van der Waals surface area contributed by atoms with Crippen LogP contribution in [0.15, 0.2) is 30.3 Å². The number of hydrogen-bond acceptors (Lipinski definition) is 3. The summed E-state index contributed by atoms with van der Waals surface area (Å²) in [5.41, 5.74) is 0. The third kappa shape index (κ3) is 4.72. The highest BCUT2D eigenvalue weighted by molar-refractivity contribution is 5.70. The first-order valence-corrected chi connectivity index (χ1v) is 4.62. The SMILES string of the molecule is CC#COC(=O)CCOc1ccccc1. The van der Waals surface area contributed by atoms with Crippen LogP contribution < -0.4 is 4.74 Å². The van der Waals surface area contributed by atoms with Crippen LogP contribution in [0.5, 0.6) is 5.75 Å². The summed E-state index contributed by atoms with van der Waals surface area (Å²) in [7, 11) is 0. The minimum atomic E-state index is -0.375. The molecule has 78 valence electrons. The van der Waals surface area contributed by atoms with Crippen LogP contribution in [-0.4, -0.2) is 12.6 Å². The molecule has 1 rings (SSSR count). The molecule has 0 aliphatic carbocycles. The highest BCUT2D eigenvalue weighted by atomic mass is 16.5. The molecule has 0 atom stereocenters. The Bertz CT molecular complexity index is 359. The van der Waals surface area contributed by atoms with E-state index in [0.717, 1.165) is 5.75 Å². The summed E-state index contributed by atoms with van der Waals surface area (Å²) in [5.74, 6) is 2.84. The van der Waals surface area contributed by atoms with Crippen LogP contribution in [0.25, 0.3) is 0 Å². The molecule has 0 amide bonds. The van der Waals surface area contributed by atoms with Crippen molar-refractivity contribution in [1.29, 1.82) is 0 Å². The predicted molar refractivity (Wildman–Crippen MR) is 56.1 cm³/mol.